The van der Waals surface area contributed by atoms with Crippen LogP contribution >= 0.6 is 0 Å². The van der Waals surface area contributed by atoms with Crippen molar-refractivity contribution in [1.29, 1.82) is 0 Å². The zero-order chi connectivity index (χ0) is 13.7. The van der Waals surface area contributed by atoms with E-state index in [-0.39, 0.29) is 5.56 Å². The fourth-order valence-corrected chi connectivity index (χ4v) is 1.50. The minimum atomic E-state index is -1.25. The zero-order valence-corrected chi connectivity index (χ0v) is 9.92. The van der Waals surface area contributed by atoms with Gasteiger partial charge in [0.2, 0.25) is 0 Å². The van der Waals surface area contributed by atoms with Crippen LogP contribution in [-0.2, 0) is 0 Å². The first-order valence-corrected chi connectivity index (χ1v) is 5.59. The van der Waals surface area contributed by atoms with E-state index in [0.29, 0.717) is 11.4 Å². The van der Waals surface area contributed by atoms with Crippen molar-refractivity contribution in [2.75, 3.05) is 10.6 Å². The molecule has 0 aromatic heterocycles. The van der Waals surface area contributed by atoms with Crippen molar-refractivity contribution in [3.05, 3.63) is 60.2 Å². The summed E-state index contributed by atoms with van der Waals surface area (Å²) in [6.07, 6.45) is 0. The number of carbonyl (C=O) groups is 2. The molecule has 19 heavy (non-hydrogen) atoms. The van der Waals surface area contributed by atoms with E-state index in [1.165, 1.54) is 24.3 Å². The van der Waals surface area contributed by atoms with Gasteiger partial charge >= 0.3 is 6.03 Å². The molecule has 0 unspecified atom stereocenters. The summed E-state index contributed by atoms with van der Waals surface area (Å²) in [6.45, 7) is 0. The molecule has 2 aromatic carbocycles. The molecule has 0 spiro atoms. The number of benzene rings is 2. The topological polar surface area (TPSA) is 81.3 Å². The third kappa shape index (κ3) is 3.57. The first-order valence-electron chi connectivity index (χ1n) is 5.59. The summed E-state index contributed by atoms with van der Waals surface area (Å²) in [5, 5.41) is 15.8. The molecular formula is C14H11N2O3-. The van der Waals surface area contributed by atoms with Crippen LogP contribution in [0.1, 0.15) is 10.4 Å². The standard InChI is InChI=1S/C14H12N2O3/c17-13(18)10-6-8-12(9-7-10)16-14(19)15-11-4-2-1-3-5-11/h1-9H,(H,17,18)(H2,15,16,19)/p-1. The number of carbonyl (C=O) groups excluding carboxylic acids is 2. The van der Waals surface area contributed by atoms with Crippen molar-refractivity contribution < 1.29 is 14.7 Å². The largest absolute Gasteiger partial charge is 0.545 e. The third-order valence-electron chi connectivity index (χ3n) is 2.41. The SMILES string of the molecule is O=C(Nc1ccccc1)Nc1ccc(C(=O)[O-])cc1. The lowest BCUT2D eigenvalue weighted by Gasteiger charge is -2.08. The summed E-state index contributed by atoms with van der Waals surface area (Å²) in [7, 11) is 0. The molecule has 0 aliphatic rings. The zero-order valence-electron chi connectivity index (χ0n) is 9.92. The normalized spacial score (nSPS) is 9.68. The molecule has 0 saturated carbocycles. The second kappa shape index (κ2) is 5.68. The minimum Gasteiger partial charge on any atom is -0.545 e. The van der Waals surface area contributed by atoms with Gasteiger partial charge in [0.1, 0.15) is 0 Å². The molecule has 5 heteroatoms. The Morgan fingerprint density at radius 2 is 1.32 bits per heavy atom. The Balaban J connectivity index is 1.97. The smallest absolute Gasteiger partial charge is 0.323 e. The van der Waals surface area contributed by atoms with Crippen LogP contribution in [0.2, 0.25) is 0 Å². The van der Waals surface area contributed by atoms with Gasteiger partial charge in [-0.2, -0.15) is 0 Å². The monoisotopic (exact) mass is 255 g/mol. The Morgan fingerprint density at radius 3 is 1.84 bits per heavy atom. The van der Waals surface area contributed by atoms with E-state index in [9.17, 15) is 14.7 Å². The van der Waals surface area contributed by atoms with Crippen LogP contribution in [0.4, 0.5) is 16.2 Å². The van der Waals surface area contributed by atoms with Crippen LogP contribution in [0.3, 0.4) is 0 Å². The number of hydrogen-bond acceptors (Lipinski definition) is 3. The highest BCUT2D eigenvalue weighted by Gasteiger charge is 2.02. The Morgan fingerprint density at radius 1 is 0.789 bits per heavy atom. The van der Waals surface area contributed by atoms with Crippen molar-refractivity contribution in [1.82, 2.24) is 0 Å². The lowest BCUT2D eigenvalue weighted by atomic mass is 10.2. The predicted molar refractivity (Wildman–Crippen MR) is 69.9 cm³/mol. The Kier molecular flexibility index (Phi) is 3.78. The number of carboxylic acid groups (broad SMARTS) is 1. The van der Waals surface area contributed by atoms with E-state index < -0.39 is 12.0 Å². The predicted octanol–water partition coefficient (Wildman–Crippen LogP) is 1.69. The van der Waals surface area contributed by atoms with Crippen LogP contribution in [0.15, 0.2) is 54.6 Å². The number of carboxylic acids is 1. The number of nitrogens with one attached hydrogen (secondary N) is 2. The summed E-state index contributed by atoms with van der Waals surface area (Å²) in [5.74, 6) is -1.25. The summed E-state index contributed by atoms with van der Waals surface area (Å²) < 4.78 is 0. The average molecular weight is 255 g/mol. The molecule has 0 aliphatic heterocycles. The molecule has 5 nitrogen and oxygen atoms in total. The van der Waals surface area contributed by atoms with Gasteiger partial charge < -0.3 is 20.5 Å². The Hall–Kier alpha value is -2.82. The summed E-state index contributed by atoms with van der Waals surface area (Å²) in [6, 6.07) is 14.3. The van der Waals surface area contributed by atoms with Gasteiger partial charge in [0.25, 0.3) is 0 Å². The van der Waals surface area contributed by atoms with Crippen molar-refractivity contribution in [2.24, 2.45) is 0 Å². The first-order chi connectivity index (χ1) is 9.15. The van der Waals surface area contributed by atoms with E-state index in [2.05, 4.69) is 10.6 Å². The van der Waals surface area contributed by atoms with Gasteiger partial charge in [-0.25, -0.2) is 4.79 Å². The van der Waals surface area contributed by atoms with Gasteiger partial charge in [0, 0.05) is 11.4 Å². The first kappa shape index (κ1) is 12.6. The van der Waals surface area contributed by atoms with Gasteiger partial charge in [-0.05, 0) is 29.8 Å². The van der Waals surface area contributed by atoms with E-state index in [0.717, 1.165) is 0 Å². The van der Waals surface area contributed by atoms with Crippen molar-refractivity contribution >= 4 is 23.4 Å². The van der Waals surface area contributed by atoms with E-state index in [1.54, 1.807) is 12.1 Å². The number of rotatable bonds is 3. The molecule has 0 bridgehead atoms. The quantitative estimate of drug-likeness (QED) is 0.875. The summed E-state index contributed by atoms with van der Waals surface area (Å²) >= 11 is 0. The number of urea groups is 1. The van der Waals surface area contributed by atoms with E-state index in [1.807, 2.05) is 18.2 Å². The summed E-state index contributed by atoms with van der Waals surface area (Å²) in [4.78, 5) is 22.2. The van der Waals surface area contributed by atoms with Crippen LogP contribution in [0, 0.1) is 0 Å². The van der Waals surface area contributed by atoms with Gasteiger partial charge in [-0.15, -0.1) is 0 Å². The molecule has 2 amide bonds. The van der Waals surface area contributed by atoms with Crippen LogP contribution in [0.5, 0.6) is 0 Å². The molecule has 2 rings (SSSR count). The third-order valence-corrected chi connectivity index (χ3v) is 2.41. The Labute approximate surface area is 109 Å². The van der Waals surface area contributed by atoms with Crippen molar-refractivity contribution in [2.45, 2.75) is 0 Å². The van der Waals surface area contributed by atoms with Crippen molar-refractivity contribution in [3.8, 4) is 0 Å². The highest BCUT2D eigenvalue weighted by Crippen LogP contribution is 2.10. The molecule has 0 saturated heterocycles. The maximum Gasteiger partial charge on any atom is 0.323 e. The second-order valence-electron chi connectivity index (χ2n) is 3.81. The lowest BCUT2D eigenvalue weighted by molar-refractivity contribution is -0.255. The fraction of sp³-hybridized carbons (Fsp3) is 0. The highest BCUT2D eigenvalue weighted by molar-refractivity contribution is 6.00. The number of amides is 2. The molecule has 96 valence electrons. The van der Waals surface area contributed by atoms with Gasteiger partial charge in [0.05, 0.1) is 5.97 Å². The molecule has 2 aromatic rings. The van der Waals surface area contributed by atoms with Gasteiger partial charge in [-0.3, -0.25) is 0 Å². The maximum atomic E-state index is 11.6. The Bertz CT molecular complexity index is 579. The number of aromatic carboxylic acids is 1. The molecular weight excluding hydrogens is 244 g/mol. The lowest BCUT2D eigenvalue weighted by Crippen LogP contribution is -2.22. The number of hydrogen-bond donors (Lipinski definition) is 2. The van der Waals surface area contributed by atoms with Crippen LogP contribution in [-0.4, -0.2) is 12.0 Å². The van der Waals surface area contributed by atoms with Crippen molar-refractivity contribution in [3.63, 3.8) is 0 Å². The van der Waals surface area contributed by atoms with Crippen LogP contribution in [0.25, 0.3) is 0 Å². The summed E-state index contributed by atoms with van der Waals surface area (Å²) in [5.41, 5.74) is 1.24. The van der Waals surface area contributed by atoms with Crippen LogP contribution < -0.4 is 15.7 Å². The molecule has 2 N–H and O–H groups in total. The number of para-hydroxylation sites is 1. The molecule has 0 fully saturated rings. The van der Waals surface area contributed by atoms with E-state index in [4.69, 9.17) is 0 Å². The van der Waals surface area contributed by atoms with Gasteiger partial charge in [-0.1, -0.05) is 30.3 Å². The fourth-order valence-electron chi connectivity index (χ4n) is 1.50. The minimum absolute atomic E-state index is 0.0639. The molecule has 0 heterocycles. The molecule has 0 radical (unpaired) electrons. The number of anilines is 2. The maximum absolute atomic E-state index is 11.6. The molecule has 0 atom stereocenters. The average Bonchev–Trinajstić information content (AvgIpc) is 2.40. The second-order valence-corrected chi connectivity index (χ2v) is 3.81. The van der Waals surface area contributed by atoms with Gasteiger partial charge in [0.15, 0.2) is 0 Å². The molecule has 0 aliphatic carbocycles. The van der Waals surface area contributed by atoms with E-state index >= 15 is 0 Å². The highest BCUT2D eigenvalue weighted by atomic mass is 16.4.